The Bertz CT molecular complexity index is 548. The maximum atomic E-state index is 12.3. The van der Waals surface area contributed by atoms with Gasteiger partial charge < -0.3 is 19.5 Å². The molecule has 1 saturated heterocycles. The Balaban J connectivity index is 2.14. The van der Waals surface area contributed by atoms with E-state index in [1.807, 2.05) is 0 Å². The molecule has 1 aromatic carbocycles. The van der Waals surface area contributed by atoms with Crippen molar-refractivity contribution in [2.75, 3.05) is 25.8 Å². The summed E-state index contributed by atoms with van der Waals surface area (Å²) in [5.41, 5.74) is 0.712. The normalized spacial score (nSPS) is 17.6. The molecule has 2 rings (SSSR count). The molecule has 0 aliphatic carbocycles. The van der Waals surface area contributed by atoms with E-state index in [0.717, 1.165) is 0 Å². The highest BCUT2D eigenvalue weighted by Crippen LogP contribution is 2.27. The van der Waals surface area contributed by atoms with Crippen molar-refractivity contribution >= 4 is 23.6 Å². The first-order valence-electron chi connectivity index (χ1n) is 6.37. The smallest absolute Gasteiger partial charge is 0.327 e. The number of carboxylic acids is 1. The van der Waals surface area contributed by atoms with Crippen LogP contribution in [-0.2, 0) is 16.0 Å². The number of thioether (sulfide) groups is 1. The lowest BCUT2D eigenvalue weighted by atomic mass is 10.1. The maximum Gasteiger partial charge on any atom is 0.327 e. The van der Waals surface area contributed by atoms with Gasteiger partial charge in [0.1, 0.15) is 17.5 Å². The summed E-state index contributed by atoms with van der Waals surface area (Å²) >= 11 is 1.45. The van der Waals surface area contributed by atoms with Gasteiger partial charge in [-0.05, 0) is 6.07 Å². The summed E-state index contributed by atoms with van der Waals surface area (Å²) in [6, 6.07) is 4.47. The maximum absolute atomic E-state index is 12.3. The summed E-state index contributed by atoms with van der Waals surface area (Å²) in [6.07, 6.45) is 0.109. The SMILES string of the molecule is COc1ccc(CC(=O)N2CSC[C@H]2C(=O)O)c(OC)c1. The van der Waals surface area contributed by atoms with Crippen LogP contribution < -0.4 is 9.47 Å². The molecular weight excluding hydrogens is 294 g/mol. The molecule has 0 saturated carbocycles. The minimum Gasteiger partial charge on any atom is -0.497 e. The quantitative estimate of drug-likeness (QED) is 0.881. The molecule has 1 aliphatic heterocycles. The minimum absolute atomic E-state index is 0.109. The van der Waals surface area contributed by atoms with Gasteiger partial charge in [-0.25, -0.2) is 4.79 Å². The van der Waals surface area contributed by atoms with Gasteiger partial charge in [-0.2, -0.15) is 0 Å². The van der Waals surface area contributed by atoms with E-state index in [-0.39, 0.29) is 12.3 Å². The number of carbonyl (C=O) groups excluding carboxylic acids is 1. The highest BCUT2D eigenvalue weighted by atomic mass is 32.2. The van der Waals surface area contributed by atoms with Gasteiger partial charge in [0.15, 0.2) is 0 Å². The molecule has 21 heavy (non-hydrogen) atoms. The van der Waals surface area contributed by atoms with Crippen LogP contribution >= 0.6 is 11.8 Å². The second-order valence-corrected chi connectivity index (χ2v) is 5.57. The van der Waals surface area contributed by atoms with Crippen LogP contribution in [0.4, 0.5) is 0 Å². The molecule has 6 nitrogen and oxygen atoms in total. The highest BCUT2D eigenvalue weighted by molar-refractivity contribution is 7.99. The Labute approximate surface area is 127 Å². The van der Waals surface area contributed by atoms with Crippen molar-refractivity contribution < 1.29 is 24.2 Å². The number of methoxy groups -OCH3 is 2. The Morgan fingerprint density at radius 1 is 1.38 bits per heavy atom. The number of aliphatic carboxylic acids is 1. The summed E-state index contributed by atoms with van der Waals surface area (Å²) in [6.45, 7) is 0. The van der Waals surface area contributed by atoms with Gasteiger partial charge >= 0.3 is 5.97 Å². The lowest BCUT2D eigenvalue weighted by Crippen LogP contribution is -2.42. The first-order chi connectivity index (χ1) is 10.1. The first kappa shape index (κ1) is 15.5. The fourth-order valence-corrected chi connectivity index (χ4v) is 3.33. The molecule has 0 unspecified atom stereocenters. The first-order valence-corrected chi connectivity index (χ1v) is 7.53. The number of ether oxygens (including phenoxy) is 2. The topological polar surface area (TPSA) is 76.1 Å². The van der Waals surface area contributed by atoms with Crippen molar-refractivity contribution in [2.45, 2.75) is 12.5 Å². The summed E-state index contributed by atoms with van der Waals surface area (Å²) in [5, 5.41) is 9.12. The predicted octanol–water partition coefficient (Wildman–Crippen LogP) is 1.23. The second-order valence-electron chi connectivity index (χ2n) is 4.57. The monoisotopic (exact) mass is 311 g/mol. The number of nitrogens with zero attached hydrogens (tertiary/aromatic N) is 1. The molecule has 1 atom stereocenters. The summed E-state index contributed by atoms with van der Waals surface area (Å²) in [4.78, 5) is 24.8. The predicted molar refractivity (Wildman–Crippen MR) is 78.8 cm³/mol. The lowest BCUT2D eigenvalue weighted by Gasteiger charge is -2.21. The van der Waals surface area contributed by atoms with Crippen molar-refractivity contribution in [3.63, 3.8) is 0 Å². The lowest BCUT2D eigenvalue weighted by molar-refractivity contribution is -0.147. The van der Waals surface area contributed by atoms with Crippen LogP contribution in [0.2, 0.25) is 0 Å². The fraction of sp³-hybridized carbons (Fsp3) is 0.429. The van der Waals surface area contributed by atoms with Gasteiger partial charge in [0.2, 0.25) is 5.91 Å². The van der Waals surface area contributed by atoms with Gasteiger partial charge in [0.05, 0.1) is 26.5 Å². The number of hydrogen-bond acceptors (Lipinski definition) is 5. The van der Waals surface area contributed by atoms with E-state index in [0.29, 0.717) is 28.7 Å². The fourth-order valence-electron chi connectivity index (χ4n) is 2.16. The summed E-state index contributed by atoms with van der Waals surface area (Å²) < 4.78 is 10.4. The van der Waals surface area contributed by atoms with E-state index < -0.39 is 12.0 Å². The number of carbonyl (C=O) groups is 2. The van der Waals surface area contributed by atoms with Gasteiger partial charge in [0, 0.05) is 17.4 Å². The Morgan fingerprint density at radius 2 is 2.14 bits per heavy atom. The van der Waals surface area contributed by atoms with Crippen LogP contribution in [-0.4, -0.2) is 53.8 Å². The molecule has 1 amide bonds. The second kappa shape index (κ2) is 6.71. The zero-order valence-corrected chi connectivity index (χ0v) is 12.7. The molecule has 0 bridgehead atoms. The number of amides is 1. The summed E-state index contributed by atoms with van der Waals surface area (Å²) in [7, 11) is 3.08. The molecule has 0 radical (unpaired) electrons. The third-order valence-corrected chi connectivity index (χ3v) is 4.34. The van der Waals surface area contributed by atoms with Gasteiger partial charge in [0.25, 0.3) is 0 Å². The average Bonchev–Trinajstić information content (AvgIpc) is 2.97. The number of hydrogen-bond donors (Lipinski definition) is 1. The molecule has 1 heterocycles. The zero-order valence-electron chi connectivity index (χ0n) is 11.9. The van der Waals surface area contributed by atoms with E-state index in [4.69, 9.17) is 14.6 Å². The molecule has 0 spiro atoms. The molecule has 1 aliphatic rings. The molecule has 0 aromatic heterocycles. The van der Waals surface area contributed by atoms with Crippen molar-refractivity contribution in [3.8, 4) is 11.5 Å². The largest absolute Gasteiger partial charge is 0.497 e. The Hall–Kier alpha value is -1.89. The molecule has 1 N–H and O–H groups in total. The molecule has 7 heteroatoms. The van der Waals surface area contributed by atoms with E-state index in [1.165, 1.54) is 23.8 Å². The molecule has 1 fully saturated rings. The van der Waals surface area contributed by atoms with Gasteiger partial charge in [-0.3, -0.25) is 4.79 Å². The van der Waals surface area contributed by atoms with Gasteiger partial charge in [-0.15, -0.1) is 11.8 Å². The third-order valence-electron chi connectivity index (χ3n) is 3.32. The van der Waals surface area contributed by atoms with Gasteiger partial charge in [-0.1, -0.05) is 6.07 Å². The molecule has 114 valence electrons. The highest BCUT2D eigenvalue weighted by Gasteiger charge is 2.34. The third kappa shape index (κ3) is 3.41. The van der Waals surface area contributed by atoms with E-state index >= 15 is 0 Å². The van der Waals surface area contributed by atoms with Crippen LogP contribution in [0.25, 0.3) is 0 Å². The van der Waals surface area contributed by atoms with Crippen molar-refractivity contribution in [2.24, 2.45) is 0 Å². The van der Waals surface area contributed by atoms with Crippen molar-refractivity contribution in [1.82, 2.24) is 4.90 Å². The van der Waals surface area contributed by atoms with Crippen LogP contribution in [0.15, 0.2) is 18.2 Å². The average molecular weight is 311 g/mol. The van der Waals surface area contributed by atoms with E-state index in [2.05, 4.69) is 0 Å². The van der Waals surface area contributed by atoms with Crippen LogP contribution in [0.5, 0.6) is 11.5 Å². The Kier molecular flexibility index (Phi) is 4.95. The van der Waals surface area contributed by atoms with Crippen molar-refractivity contribution in [1.29, 1.82) is 0 Å². The van der Waals surface area contributed by atoms with Crippen LogP contribution in [0, 0.1) is 0 Å². The number of benzene rings is 1. The van der Waals surface area contributed by atoms with Crippen LogP contribution in [0.3, 0.4) is 0 Å². The molecular formula is C14H17NO5S. The number of carboxylic acid groups (broad SMARTS) is 1. The zero-order chi connectivity index (χ0) is 15.4. The van der Waals surface area contributed by atoms with E-state index in [9.17, 15) is 9.59 Å². The van der Waals surface area contributed by atoms with E-state index in [1.54, 1.807) is 25.3 Å². The standard InChI is InChI=1S/C14H17NO5S/c1-19-10-4-3-9(12(6-10)20-2)5-13(16)15-8-21-7-11(15)14(17)18/h3-4,6,11H,5,7-8H2,1-2H3,(H,17,18)/t11-/m0/s1. The van der Waals surface area contributed by atoms with Crippen molar-refractivity contribution in [3.05, 3.63) is 23.8 Å². The minimum atomic E-state index is -0.963. The molecule has 1 aromatic rings. The van der Waals surface area contributed by atoms with Crippen LogP contribution in [0.1, 0.15) is 5.56 Å². The Morgan fingerprint density at radius 3 is 2.76 bits per heavy atom. The summed E-state index contributed by atoms with van der Waals surface area (Å²) in [5.74, 6) is 0.866. The number of rotatable bonds is 5.